The second-order valence-electron chi connectivity index (χ2n) is 8.07. The zero-order chi connectivity index (χ0) is 22.4. The second-order valence-corrected chi connectivity index (χ2v) is 8.07. The van der Waals surface area contributed by atoms with Crippen molar-refractivity contribution in [2.45, 2.75) is 38.0 Å². The van der Waals surface area contributed by atoms with Crippen LogP contribution in [0, 0.1) is 11.8 Å². The molecule has 0 spiro atoms. The summed E-state index contributed by atoms with van der Waals surface area (Å²) in [5.74, 6) is -0.748. The minimum Gasteiger partial charge on any atom is -0.475 e. The Balaban J connectivity index is 0.000000339. The van der Waals surface area contributed by atoms with E-state index in [9.17, 15) is 18.3 Å². The Morgan fingerprint density at radius 1 is 1.03 bits per heavy atom. The number of alkyl halides is 3. The average molecular weight is 439 g/mol. The van der Waals surface area contributed by atoms with E-state index in [-0.39, 0.29) is 6.10 Å². The number of pyridine rings is 1. The molecule has 0 aliphatic carbocycles. The van der Waals surface area contributed by atoms with Crippen molar-refractivity contribution in [3.8, 4) is 0 Å². The van der Waals surface area contributed by atoms with Gasteiger partial charge in [-0.1, -0.05) is 18.2 Å². The third-order valence-electron chi connectivity index (χ3n) is 6.04. The van der Waals surface area contributed by atoms with Gasteiger partial charge in [0.15, 0.2) is 0 Å². The molecule has 9 heteroatoms. The summed E-state index contributed by atoms with van der Waals surface area (Å²) in [4.78, 5) is 16.1. The Morgan fingerprint density at radius 2 is 1.61 bits per heavy atom. The quantitative estimate of drug-likeness (QED) is 0.679. The number of benzene rings is 1. The maximum absolute atomic E-state index is 10.7. The highest BCUT2D eigenvalue weighted by atomic mass is 19.4. The SMILES string of the molecule is O=C(O)C(F)(F)F.OC(C1CCNCC1)C1CCN(c2ccc3ccccc3n2)CC1. The van der Waals surface area contributed by atoms with Gasteiger partial charge in [0.2, 0.25) is 0 Å². The summed E-state index contributed by atoms with van der Waals surface area (Å²) in [6, 6.07) is 12.6. The topological polar surface area (TPSA) is 85.7 Å². The van der Waals surface area contributed by atoms with Gasteiger partial charge in [-0.3, -0.25) is 0 Å². The number of carboxylic acid groups (broad SMARTS) is 1. The van der Waals surface area contributed by atoms with Crippen LogP contribution in [0.1, 0.15) is 25.7 Å². The lowest BCUT2D eigenvalue weighted by molar-refractivity contribution is -0.192. The molecule has 0 amide bonds. The van der Waals surface area contributed by atoms with Crippen LogP contribution in [0.25, 0.3) is 10.9 Å². The van der Waals surface area contributed by atoms with E-state index in [0.29, 0.717) is 11.8 Å². The maximum Gasteiger partial charge on any atom is 0.490 e. The number of carbonyl (C=O) groups is 1. The number of piperidine rings is 2. The van der Waals surface area contributed by atoms with Gasteiger partial charge in [-0.15, -0.1) is 0 Å². The normalized spacial score (nSPS) is 19.5. The number of hydrogen-bond donors (Lipinski definition) is 3. The van der Waals surface area contributed by atoms with Crippen LogP contribution in [0.4, 0.5) is 19.0 Å². The monoisotopic (exact) mass is 439 g/mol. The highest BCUT2D eigenvalue weighted by Crippen LogP contribution is 2.30. The van der Waals surface area contributed by atoms with Crippen LogP contribution in [0.5, 0.6) is 0 Å². The van der Waals surface area contributed by atoms with E-state index < -0.39 is 12.1 Å². The van der Waals surface area contributed by atoms with Gasteiger partial charge in [0, 0.05) is 18.5 Å². The van der Waals surface area contributed by atoms with Gasteiger partial charge in [-0.05, 0) is 68.8 Å². The first-order valence-electron chi connectivity index (χ1n) is 10.6. The largest absolute Gasteiger partial charge is 0.490 e. The lowest BCUT2D eigenvalue weighted by Crippen LogP contribution is -2.43. The first-order valence-corrected chi connectivity index (χ1v) is 10.6. The predicted octanol–water partition coefficient (Wildman–Crippen LogP) is 3.45. The Kier molecular flexibility index (Phi) is 7.72. The fraction of sp³-hybridized carbons (Fsp3) is 0.545. The van der Waals surface area contributed by atoms with Gasteiger partial charge in [0.05, 0.1) is 11.6 Å². The molecular weight excluding hydrogens is 411 g/mol. The number of aliphatic hydroxyl groups is 1. The average Bonchev–Trinajstić information content (AvgIpc) is 2.79. The number of nitrogens with one attached hydrogen (secondary N) is 1. The van der Waals surface area contributed by atoms with Gasteiger partial charge in [0.25, 0.3) is 0 Å². The molecule has 170 valence electrons. The molecule has 2 saturated heterocycles. The second kappa shape index (κ2) is 10.3. The minimum atomic E-state index is -5.08. The van der Waals surface area contributed by atoms with Crippen molar-refractivity contribution in [3.05, 3.63) is 36.4 Å². The summed E-state index contributed by atoms with van der Waals surface area (Å²) in [6.45, 7) is 4.11. The van der Waals surface area contributed by atoms with Crippen molar-refractivity contribution in [2.75, 3.05) is 31.1 Å². The minimum absolute atomic E-state index is 0.126. The molecule has 31 heavy (non-hydrogen) atoms. The van der Waals surface area contributed by atoms with Crippen LogP contribution in [-0.4, -0.2) is 59.6 Å². The number of hydrogen-bond acceptors (Lipinski definition) is 5. The Hall–Kier alpha value is -2.39. The molecule has 1 atom stereocenters. The van der Waals surface area contributed by atoms with Gasteiger partial charge < -0.3 is 20.4 Å². The van der Waals surface area contributed by atoms with Crippen LogP contribution < -0.4 is 10.2 Å². The van der Waals surface area contributed by atoms with E-state index in [1.807, 2.05) is 6.07 Å². The number of halogens is 3. The van der Waals surface area contributed by atoms with Crippen molar-refractivity contribution in [1.82, 2.24) is 10.3 Å². The van der Waals surface area contributed by atoms with Gasteiger partial charge in [-0.2, -0.15) is 13.2 Å². The molecule has 0 radical (unpaired) electrons. The van der Waals surface area contributed by atoms with E-state index in [1.54, 1.807) is 0 Å². The fourth-order valence-corrected chi connectivity index (χ4v) is 4.27. The highest BCUT2D eigenvalue weighted by molar-refractivity contribution is 5.80. The number of fused-ring (bicyclic) bond motifs is 1. The summed E-state index contributed by atoms with van der Waals surface area (Å²) in [7, 11) is 0. The van der Waals surface area contributed by atoms with Gasteiger partial charge >= 0.3 is 12.1 Å². The van der Waals surface area contributed by atoms with Crippen LogP contribution in [0.3, 0.4) is 0 Å². The standard InChI is InChI=1S/C20H27N3O.C2HF3O2/c24-20(16-7-11-21-12-8-16)17-9-13-23(14-10-17)19-6-5-15-3-1-2-4-18(15)22-19;3-2(4,5)1(6)7/h1-6,16-17,20-21,24H,7-14H2;(H,6,7). The first-order chi connectivity index (χ1) is 14.8. The number of nitrogens with zero attached hydrogens (tertiary/aromatic N) is 2. The molecule has 4 rings (SSSR count). The molecule has 2 fully saturated rings. The van der Waals surface area contributed by atoms with Gasteiger partial charge in [0.1, 0.15) is 5.82 Å². The predicted molar refractivity (Wildman–Crippen MR) is 112 cm³/mol. The molecular formula is C22H28F3N3O3. The maximum atomic E-state index is 10.7. The number of rotatable bonds is 3. The molecule has 2 aliphatic heterocycles. The van der Waals surface area contributed by atoms with Crippen molar-refractivity contribution in [3.63, 3.8) is 0 Å². The summed E-state index contributed by atoms with van der Waals surface area (Å²) in [6.07, 6.45) is -0.834. The first kappa shape index (κ1) is 23.3. The third-order valence-corrected chi connectivity index (χ3v) is 6.04. The van der Waals surface area contributed by atoms with E-state index in [4.69, 9.17) is 14.9 Å². The molecule has 2 aliphatic rings. The fourth-order valence-electron chi connectivity index (χ4n) is 4.27. The number of anilines is 1. The van der Waals surface area contributed by atoms with E-state index >= 15 is 0 Å². The summed E-state index contributed by atoms with van der Waals surface area (Å²) < 4.78 is 31.7. The van der Waals surface area contributed by atoms with Crippen molar-refractivity contribution in [1.29, 1.82) is 0 Å². The number of aliphatic carboxylic acids is 1. The number of para-hydroxylation sites is 1. The molecule has 3 heterocycles. The van der Waals surface area contributed by atoms with Crippen LogP contribution >= 0.6 is 0 Å². The molecule has 3 N–H and O–H groups in total. The number of aromatic nitrogens is 1. The van der Waals surface area contributed by atoms with Crippen LogP contribution in [0.2, 0.25) is 0 Å². The molecule has 6 nitrogen and oxygen atoms in total. The molecule has 2 aromatic rings. The zero-order valence-corrected chi connectivity index (χ0v) is 17.2. The van der Waals surface area contributed by atoms with Gasteiger partial charge in [-0.25, -0.2) is 9.78 Å². The lowest BCUT2D eigenvalue weighted by Gasteiger charge is -2.38. The third kappa shape index (κ3) is 6.30. The summed E-state index contributed by atoms with van der Waals surface area (Å²) in [5, 5.41) is 22.4. The van der Waals surface area contributed by atoms with Crippen molar-refractivity contribution in [2.24, 2.45) is 11.8 Å². The Morgan fingerprint density at radius 3 is 2.23 bits per heavy atom. The summed E-state index contributed by atoms with van der Waals surface area (Å²) in [5.41, 5.74) is 1.06. The molecule has 1 aromatic heterocycles. The van der Waals surface area contributed by atoms with Crippen LogP contribution in [0.15, 0.2) is 36.4 Å². The summed E-state index contributed by atoms with van der Waals surface area (Å²) >= 11 is 0. The molecule has 0 saturated carbocycles. The van der Waals surface area contributed by atoms with Crippen molar-refractivity contribution < 1.29 is 28.2 Å². The van der Waals surface area contributed by atoms with Crippen molar-refractivity contribution >= 4 is 22.7 Å². The molecule has 0 bridgehead atoms. The Labute approximate surface area is 179 Å². The number of aliphatic hydroxyl groups excluding tert-OH is 1. The smallest absolute Gasteiger partial charge is 0.475 e. The Bertz CT molecular complexity index is 864. The van der Waals surface area contributed by atoms with E-state index in [2.05, 4.69) is 40.5 Å². The number of carboxylic acids is 1. The highest BCUT2D eigenvalue weighted by Gasteiger charge is 2.38. The lowest BCUT2D eigenvalue weighted by atomic mass is 9.80. The zero-order valence-electron chi connectivity index (χ0n) is 17.2. The van der Waals surface area contributed by atoms with Crippen LogP contribution in [-0.2, 0) is 4.79 Å². The molecule has 1 aromatic carbocycles. The van der Waals surface area contributed by atoms with E-state index in [1.165, 1.54) is 5.39 Å². The van der Waals surface area contributed by atoms with E-state index in [0.717, 1.165) is 63.2 Å². The molecule has 1 unspecified atom stereocenters.